The van der Waals surface area contributed by atoms with Gasteiger partial charge in [-0.1, -0.05) is 67.5 Å². The van der Waals surface area contributed by atoms with Crippen molar-refractivity contribution in [3.8, 4) is 0 Å². The predicted octanol–water partition coefficient (Wildman–Crippen LogP) is 4.11. The maximum absolute atomic E-state index is 5.81. The summed E-state index contributed by atoms with van der Waals surface area (Å²) in [7, 11) is -1.07. The van der Waals surface area contributed by atoms with Crippen LogP contribution in [0, 0.1) is 0 Å². The van der Waals surface area contributed by atoms with Gasteiger partial charge in [0.1, 0.15) is 0 Å². The lowest BCUT2D eigenvalue weighted by Gasteiger charge is -2.50. The van der Waals surface area contributed by atoms with E-state index >= 15 is 0 Å². The van der Waals surface area contributed by atoms with Gasteiger partial charge in [0, 0.05) is 6.54 Å². The molecule has 2 N–H and O–H groups in total. The Hall–Kier alpha value is -0.0831. The third-order valence-electron chi connectivity index (χ3n) is 3.61. The minimum Gasteiger partial charge on any atom is -0.327 e. The Labute approximate surface area is 104 Å². The van der Waals surface area contributed by atoms with Crippen LogP contribution in [0.1, 0.15) is 55.4 Å². The fourth-order valence-electron chi connectivity index (χ4n) is 3.93. The molecule has 0 aliphatic carbocycles. The monoisotopic (exact) mass is 241 g/mol. The molecule has 0 bridgehead atoms. The van der Waals surface area contributed by atoms with Crippen LogP contribution in [-0.2, 0) is 0 Å². The van der Waals surface area contributed by atoms with Gasteiger partial charge in [-0.2, -0.15) is 0 Å². The standard InChI is InChI=1S/C14H31NSi/c1-11(10-15)14(8,9)16(12(2,3)4)13(5,6)7/h16H,1,10,15H2,2-9H3. The van der Waals surface area contributed by atoms with Gasteiger partial charge in [-0.05, 0) is 15.1 Å². The fourth-order valence-corrected chi connectivity index (χ4v) is 11.4. The van der Waals surface area contributed by atoms with E-state index in [-0.39, 0.29) is 5.04 Å². The molecule has 0 amide bonds. The highest BCUT2D eigenvalue weighted by atomic mass is 28.3. The molecule has 0 saturated heterocycles. The van der Waals surface area contributed by atoms with E-state index in [1.165, 1.54) is 5.57 Å². The van der Waals surface area contributed by atoms with Crippen LogP contribution in [0.4, 0.5) is 0 Å². The molecule has 0 aromatic carbocycles. The maximum atomic E-state index is 5.81. The van der Waals surface area contributed by atoms with E-state index in [0.717, 1.165) is 0 Å². The molecule has 1 nitrogen and oxygen atoms in total. The minimum atomic E-state index is -1.07. The molecule has 0 unspecified atom stereocenters. The van der Waals surface area contributed by atoms with Gasteiger partial charge in [-0.3, -0.25) is 0 Å². The predicted molar refractivity (Wildman–Crippen MR) is 78.8 cm³/mol. The molecule has 0 aliphatic heterocycles. The van der Waals surface area contributed by atoms with Crippen LogP contribution >= 0.6 is 0 Å². The third kappa shape index (κ3) is 3.46. The van der Waals surface area contributed by atoms with Crippen LogP contribution in [0.3, 0.4) is 0 Å². The van der Waals surface area contributed by atoms with E-state index < -0.39 is 8.80 Å². The summed E-state index contributed by atoms with van der Waals surface area (Å²) < 4.78 is 0. The number of rotatable bonds is 3. The third-order valence-corrected chi connectivity index (χ3v) is 8.93. The number of nitrogens with two attached hydrogens (primary N) is 1. The van der Waals surface area contributed by atoms with E-state index in [4.69, 9.17) is 5.73 Å². The molecule has 0 spiro atoms. The zero-order chi connectivity index (χ0) is 13.4. The summed E-state index contributed by atoms with van der Waals surface area (Å²) in [5, 5.41) is 0.991. The molecule has 2 heteroatoms. The molecule has 0 atom stereocenters. The topological polar surface area (TPSA) is 26.0 Å². The zero-order valence-corrected chi connectivity index (χ0v) is 13.7. The van der Waals surface area contributed by atoms with Crippen molar-refractivity contribution >= 4 is 8.80 Å². The first-order valence-electron chi connectivity index (χ1n) is 6.23. The highest BCUT2D eigenvalue weighted by Crippen LogP contribution is 2.55. The van der Waals surface area contributed by atoms with E-state index in [0.29, 0.717) is 16.6 Å². The molecule has 0 fully saturated rings. The Morgan fingerprint density at radius 2 is 1.25 bits per heavy atom. The first-order valence-corrected chi connectivity index (χ1v) is 7.96. The van der Waals surface area contributed by atoms with Gasteiger partial charge in [0.2, 0.25) is 0 Å². The molecular formula is C14H31NSi. The molecule has 0 aromatic rings. The molecule has 0 saturated carbocycles. The van der Waals surface area contributed by atoms with Crippen LogP contribution in [0.5, 0.6) is 0 Å². The Morgan fingerprint density at radius 1 is 0.938 bits per heavy atom. The van der Waals surface area contributed by atoms with Crippen molar-refractivity contribution in [1.82, 2.24) is 0 Å². The molecule has 0 heterocycles. The second-order valence-electron chi connectivity index (χ2n) is 7.69. The quantitative estimate of drug-likeness (QED) is 0.584. The lowest BCUT2D eigenvalue weighted by Crippen LogP contribution is -2.45. The summed E-state index contributed by atoms with van der Waals surface area (Å²) >= 11 is 0. The van der Waals surface area contributed by atoms with Crippen molar-refractivity contribution in [2.45, 2.75) is 70.5 Å². The Bertz CT molecular complexity index is 239. The van der Waals surface area contributed by atoms with Crippen molar-refractivity contribution in [2.24, 2.45) is 5.73 Å². The summed E-state index contributed by atoms with van der Waals surface area (Å²) in [6, 6.07) is 0. The van der Waals surface area contributed by atoms with Gasteiger partial charge in [0.05, 0.1) is 8.80 Å². The second-order valence-corrected chi connectivity index (χ2v) is 13.5. The van der Waals surface area contributed by atoms with Crippen LogP contribution < -0.4 is 5.73 Å². The first kappa shape index (κ1) is 15.9. The largest absolute Gasteiger partial charge is 0.327 e. The Kier molecular flexibility index (Phi) is 4.63. The summed E-state index contributed by atoms with van der Waals surface area (Å²) in [5.74, 6) is 0. The minimum absolute atomic E-state index is 0.214. The van der Waals surface area contributed by atoms with Crippen LogP contribution in [0.15, 0.2) is 12.2 Å². The molecule has 16 heavy (non-hydrogen) atoms. The number of hydrogen-bond acceptors (Lipinski definition) is 1. The highest BCUT2D eigenvalue weighted by Gasteiger charge is 2.47. The fraction of sp³-hybridized carbons (Fsp3) is 0.857. The molecular weight excluding hydrogens is 210 g/mol. The van der Waals surface area contributed by atoms with Crippen molar-refractivity contribution in [3.63, 3.8) is 0 Å². The van der Waals surface area contributed by atoms with E-state index in [2.05, 4.69) is 62.0 Å². The van der Waals surface area contributed by atoms with Crippen molar-refractivity contribution < 1.29 is 0 Å². The number of hydrogen-bond donors (Lipinski definition) is 1. The summed E-state index contributed by atoms with van der Waals surface area (Å²) in [6.07, 6.45) is 0. The van der Waals surface area contributed by atoms with Crippen molar-refractivity contribution in [2.75, 3.05) is 6.54 Å². The molecule has 0 aliphatic rings. The van der Waals surface area contributed by atoms with Crippen LogP contribution in [0.25, 0.3) is 0 Å². The van der Waals surface area contributed by atoms with Gasteiger partial charge < -0.3 is 5.73 Å². The second kappa shape index (κ2) is 4.65. The molecule has 0 aromatic heterocycles. The summed E-state index contributed by atoms with van der Waals surface area (Å²) in [4.78, 5) is 0. The molecule has 0 radical (unpaired) electrons. The van der Waals surface area contributed by atoms with Gasteiger partial charge in [-0.25, -0.2) is 0 Å². The van der Waals surface area contributed by atoms with Gasteiger partial charge >= 0.3 is 0 Å². The normalized spacial score (nSPS) is 14.4. The first-order chi connectivity index (χ1) is 6.85. The van der Waals surface area contributed by atoms with E-state index in [1.54, 1.807) is 0 Å². The van der Waals surface area contributed by atoms with Gasteiger partial charge in [0.15, 0.2) is 0 Å². The van der Waals surface area contributed by atoms with E-state index in [1.807, 2.05) is 0 Å². The molecule has 0 rings (SSSR count). The average Bonchev–Trinajstić information content (AvgIpc) is 1.95. The van der Waals surface area contributed by atoms with Crippen molar-refractivity contribution in [3.05, 3.63) is 12.2 Å². The smallest absolute Gasteiger partial charge is 0.0584 e. The van der Waals surface area contributed by atoms with Gasteiger partial charge in [-0.15, -0.1) is 0 Å². The summed E-state index contributed by atoms with van der Waals surface area (Å²) in [6.45, 7) is 23.8. The lowest BCUT2D eigenvalue weighted by atomic mass is 10.0. The van der Waals surface area contributed by atoms with E-state index in [9.17, 15) is 0 Å². The van der Waals surface area contributed by atoms with Crippen LogP contribution in [0.2, 0.25) is 15.1 Å². The summed E-state index contributed by atoms with van der Waals surface area (Å²) in [5.41, 5.74) is 7.02. The molecule has 96 valence electrons. The lowest BCUT2D eigenvalue weighted by molar-refractivity contribution is 0.576. The average molecular weight is 241 g/mol. The maximum Gasteiger partial charge on any atom is 0.0584 e. The van der Waals surface area contributed by atoms with Crippen molar-refractivity contribution in [1.29, 1.82) is 0 Å². The van der Waals surface area contributed by atoms with Gasteiger partial charge in [0.25, 0.3) is 0 Å². The van der Waals surface area contributed by atoms with Crippen LogP contribution in [-0.4, -0.2) is 15.3 Å². The zero-order valence-electron chi connectivity index (χ0n) is 12.6. The highest BCUT2D eigenvalue weighted by molar-refractivity contribution is 6.69. The SMILES string of the molecule is C=C(CN)C(C)(C)[SiH](C(C)(C)C)C(C)(C)C. The Morgan fingerprint density at radius 3 is 1.44 bits per heavy atom. The Balaban J connectivity index is 5.46.